The lowest BCUT2D eigenvalue weighted by Gasteiger charge is -2.14. The molecule has 1 atom stereocenters. The van der Waals surface area contributed by atoms with Crippen LogP contribution in [0, 0.1) is 5.92 Å². The van der Waals surface area contributed by atoms with Gasteiger partial charge in [0.1, 0.15) is 0 Å². The number of carboxylic acids is 1. The fourth-order valence-electron chi connectivity index (χ4n) is 1.59. The highest BCUT2D eigenvalue weighted by atomic mass is 79.9. The lowest BCUT2D eigenvalue weighted by atomic mass is 10.0. The van der Waals surface area contributed by atoms with E-state index in [1.807, 2.05) is 19.1 Å². The zero-order chi connectivity index (χ0) is 14.3. The highest BCUT2D eigenvalue weighted by Crippen LogP contribution is 2.15. The Hall–Kier alpha value is -1.56. The fourth-order valence-corrected chi connectivity index (χ4v) is 1.99. The number of halogens is 1. The largest absolute Gasteiger partial charge is 0.481 e. The zero-order valence-corrected chi connectivity index (χ0v) is 12.2. The average molecular weight is 329 g/mol. The Kier molecular flexibility index (Phi) is 6.35. The summed E-state index contributed by atoms with van der Waals surface area (Å²) in [4.78, 5) is 22.3. The Morgan fingerprint density at radius 1 is 1.42 bits per heavy atom. The Labute approximate surface area is 120 Å². The van der Waals surface area contributed by atoms with Gasteiger partial charge in [-0.2, -0.15) is 0 Å². The topological polar surface area (TPSA) is 78.4 Å². The summed E-state index contributed by atoms with van der Waals surface area (Å²) in [7, 11) is 0. The number of carbonyl (C=O) groups excluding carboxylic acids is 1. The van der Waals surface area contributed by atoms with Gasteiger partial charge in [0.2, 0.25) is 0 Å². The highest BCUT2D eigenvalue weighted by Gasteiger charge is 2.12. The predicted octanol–water partition coefficient (Wildman–Crippen LogP) is 3.07. The first kappa shape index (κ1) is 15.5. The van der Waals surface area contributed by atoms with Crippen LogP contribution >= 0.6 is 15.9 Å². The van der Waals surface area contributed by atoms with Crippen molar-refractivity contribution >= 4 is 33.6 Å². The van der Waals surface area contributed by atoms with E-state index < -0.39 is 5.97 Å². The number of rotatable bonds is 6. The second kappa shape index (κ2) is 7.78. The molecule has 3 N–H and O–H groups in total. The molecule has 0 spiro atoms. The standard InChI is InChI=1S/C13H17BrN2O3/c1-2-9(6-12(17)18)8-15-13(19)16-11-5-3-4-10(14)7-11/h3-5,7,9H,2,6,8H2,1H3,(H,17,18)(H2,15,16,19). The van der Waals surface area contributed by atoms with E-state index in [0.717, 1.165) is 4.47 Å². The Balaban J connectivity index is 2.40. The third-order valence-corrected chi connectivity index (χ3v) is 3.17. The number of hydrogen-bond donors (Lipinski definition) is 3. The molecular formula is C13H17BrN2O3. The SMILES string of the molecule is CCC(CNC(=O)Nc1cccc(Br)c1)CC(=O)O. The molecule has 0 aromatic heterocycles. The summed E-state index contributed by atoms with van der Waals surface area (Å²) in [5, 5.41) is 14.1. The van der Waals surface area contributed by atoms with Crippen molar-refractivity contribution in [2.24, 2.45) is 5.92 Å². The van der Waals surface area contributed by atoms with Crippen LogP contribution in [0.5, 0.6) is 0 Å². The summed E-state index contributed by atoms with van der Waals surface area (Å²) in [6.07, 6.45) is 0.775. The maximum Gasteiger partial charge on any atom is 0.319 e. The lowest BCUT2D eigenvalue weighted by Crippen LogP contribution is -2.33. The molecule has 104 valence electrons. The Morgan fingerprint density at radius 3 is 2.74 bits per heavy atom. The molecule has 0 aliphatic rings. The molecule has 0 heterocycles. The predicted molar refractivity (Wildman–Crippen MR) is 77.2 cm³/mol. The minimum Gasteiger partial charge on any atom is -0.481 e. The maximum atomic E-state index is 11.6. The van der Waals surface area contributed by atoms with Crippen molar-refractivity contribution in [3.05, 3.63) is 28.7 Å². The molecular weight excluding hydrogens is 312 g/mol. The second-order valence-electron chi connectivity index (χ2n) is 4.22. The van der Waals surface area contributed by atoms with Crippen LogP contribution in [-0.4, -0.2) is 23.7 Å². The number of carbonyl (C=O) groups is 2. The van der Waals surface area contributed by atoms with Crippen molar-refractivity contribution in [1.29, 1.82) is 0 Å². The molecule has 5 nitrogen and oxygen atoms in total. The van der Waals surface area contributed by atoms with Gasteiger partial charge in [-0.25, -0.2) is 4.79 Å². The molecule has 1 aromatic rings. The minimum absolute atomic E-state index is 0.0502. The van der Waals surface area contributed by atoms with Gasteiger partial charge in [0.25, 0.3) is 0 Å². The molecule has 0 saturated carbocycles. The summed E-state index contributed by atoms with van der Waals surface area (Å²) >= 11 is 3.32. The van der Waals surface area contributed by atoms with Crippen molar-refractivity contribution in [3.8, 4) is 0 Å². The average Bonchev–Trinajstić information content (AvgIpc) is 2.34. The molecule has 1 aromatic carbocycles. The van der Waals surface area contributed by atoms with Crippen LogP contribution in [0.15, 0.2) is 28.7 Å². The zero-order valence-electron chi connectivity index (χ0n) is 10.6. The normalized spacial score (nSPS) is 11.7. The molecule has 1 rings (SSSR count). The lowest BCUT2D eigenvalue weighted by molar-refractivity contribution is -0.138. The van der Waals surface area contributed by atoms with E-state index in [2.05, 4.69) is 26.6 Å². The van der Waals surface area contributed by atoms with Crippen molar-refractivity contribution < 1.29 is 14.7 Å². The molecule has 1 unspecified atom stereocenters. The minimum atomic E-state index is -0.846. The number of carboxylic acid groups (broad SMARTS) is 1. The third-order valence-electron chi connectivity index (χ3n) is 2.67. The van der Waals surface area contributed by atoms with E-state index in [1.165, 1.54) is 0 Å². The Bertz CT molecular complexity index is 451. The highest BCUT2D eigenvalue weighted by molar-refractivity contribution is 9.10. The molecule has 0 bridgehead atoms. The summed E-state index contributed by atoms with van der Waals surface area (Å²) < 4.78 is 0.877. The van der Waals surface area contributed by atoms with E-state index >= 15 is 0 Å². The number of aliphatic carboxylic acids is 1. The van der Waals surface area contributed by atoms with Crippen LogP contribution in [0.4, 0.5) is 10.5 Å². The van der Waals surface area contributed by atoms with Crippen LogP contribution in [0.25, 0.3) is 0 Å². The maximum absolute atomic E-state index is 11.6. The molecule has 6 heteroatoms. The van der Waals surface area contributed by atoms with Gasteiger partial charge in [-0.3, -0.25) is 4.79 Å². The van der Waals surface area contributed by atoms with E-state index in [-0.39, 0.29) is 18.4 Å². The number of benzene rings is 1. The van der Waals surface area contributed by atoms with Crippen LogP contribution in [0.3, 0.4) is 0 Å². The summed E-state index contributed by atoms with van der Waals surface area (Å²) in [6.45, 7) is 2.25. The summed E-state index contributed by atoms with van der Waals surface area (Å²) in [6, 6.07) is 6.91. The van der Waals surface area contributed by atoms with Crippen LogP contribution in [-0.2, 0) is 4.79 Å². The van der Waals surface area contributed by atoms with Gasteiger partial charge in [0.15, 0.2) is 0 Å². The first-order valence-electron chi connectivity index (χ1n) is 6.03. The van der Waals surface area contributed by atoms with Crippen LogP contribution in [0.2, 0.25) is 0 Å². The van der Waals surface area contributed by atoms with E-state index in [4.69, 9.17) is 5.11 Å². The van der Waals surface area contributed by atoms with Gasteiger partial charge in [0.05, 0.1) is 0 Å². The summed E-state index contributed by atoms with van der Waals surface area (Å²) in [5.74, 6) is -0.896. The van der Waals surface area contributed by atoms with Gasteiger partial charge in [0, 0.05) is 23.1 Å². The van der Waals surface area contributed by atoms with Crippen LogP contribution < -0.4 is 10.6 Å². The van der Waals surface area contributed by atoms with Gasteiger partial charge >= 0.3 is 12.0 Å². The molecule has 19 heavy (non-hydrogen) atoms. The number of amides is 2. The second-order valence-corrected chi connectivity index (χ2v) is 5.13. The molecule has 0 radical (unpaired) electrons. The number of nitrogens with one attached hydrogen (secondary N) is 2. The quantitative estimate of drug-likeness (QED) is 0.750. The molecule has 2 amide bonds. The summed E-state index contributed by atoms with van der Waals surface area (Å²) in [5.41, 5.74) is 0.679. The Morgan fingerprint density at radius 2 is 2.16 bits per heavy atom. The molecule has 0 fully saturated rings. The number of hydrogen-bond acceptors (Lipinski definition) is 2. The van der Waals surface area contributed by atoms with Gasteiger partial charge in [-0.1, -0.05) is 35.3 Å². The third kappa shape index (κ3) is 6.24. The number of urea groups is 1. The van der Waals surface area contributed by atoms with Crippen molar-refractivity contribution in [3.63, 3.8) is 0 Å². The van der Waals surface area contributed by atoms with E-state index in [9.17, 15) is 9.59 Å². The van der Waals surface area contributed by atoms with Gasteiger partial charge < -0.3 is 15.7 Å². The van der Waals surface area contributed by atoms with Crippen molar-refractivity contribution in [2.45, 2.75) is 19.8 Å². The fraction of sp³-hybridized carbons (Fsp3) is 0.385. The first-order valence-corrected chi connectivity index (χ1v) is 6.82. The van der Waals surface area contributed by atoms with E-state index in [1.54, 1.807) is 12.1 Å². The van der Waals surface area contributed by atoms with E-state index in [0.29, 0.717) is 18.7 Å². The van der Waals surface area contributed by atoms with Crippen molar-refractivity contribution in [1.82, 2.24) is 5.32 Å². The molecule has 0 aliphatic heterocycles. The molecule has 0 saturated heterocycles. The number of anilines is 1. The monoisotopic (exact) mass is 328 g/mol. The van der Waals surface area contributed by atoms with Gasteiger partial charge in [-0.15, -0.1) is 0 Å². The first-order chi connectivity index (χ1) is 9.01. The smallest absolute Gasteiger partial charge is 0.319 e. The molecule has 0 aliphatic carbocycles. The van der Waals surface area contributed by atoms with Crippen molar-refractivity contribution in [2.75, 3.05) is 11.9 Å². The van der Waals surface area contributed by atoms with Gasteiger partial charge in [-0.05, 0) is 24.1 Å². The van der Waals surface area contributed by atoms with Crippen LogP contribution in [0.1, 0.15) is 19.8 Å².